The summed E-state index contributed by atoms with van der Waals surface area (Å²) in [5.41, 5.74) is 3.03. The van der Waals surface area contributed by atoms with Crippen LogP contribution in [0, 0.1) is 11.3 Å². The van der Waals surface area contributed by atoms with Gasteiger partial charge in [0, 0.05) is 11.8 Å². The first-order chi connectivity index (χ1) is 8.78. The van der Waals surface area contributed by atoms with Gasteiger partial charge >= 0.3 is 0 Å². The lowest BCUT2D eigenvalue weighted by Crippen LogP contribution is -1.88. The summed E-state index contributed by atoms with van der Waals surface area (Å²) < 4.78 is 1.71. The molecule has 3 heterocycles. The summed E-state index contributed by atoms with van der Waals surface area (Å²) in [5.74, 6) is 0. The maximum atomic E-state index is 8.92. The molecule has 4 nitrogen and oxygen atoms in total. The zero-order chi connectivity index (χ0) is 12.5. The van der Waals surface area contributed by atoms with Crippen LogP contribution in [0.25, 0.3) is 16.8 Å². The van der Waals surface area contributed by atoms with E-state index in [0.29, 0.717) is 10.7 Å². The Morgan fingerprint density at radius 2 is 2.17 bits per heavy atom. The van der Waals surface area contributed by atoms with Gasteiger partial charge in [0.25, 0.3) is 0 Å². The molecule has 0 aliphatic rings. The van der Waals surface area contributed by atoms with Gasteiger partial charge in [-0.05, 0) is 24.3 Å². The summed E-state index contributed by atoms with van der Waals surface area (Å²) in [4.78, 5) is 4.25. The Labute approximate surface area is 108 Å². The second kappa shape index (κ2) is 4.13. The van der Waals surface area contributed by atoms with Crippen molar-refractivity contribution in [3.63, 3.8) is 0 Å². The van der Waals surface area contributed by atoms with Crippen molar-refractivity contribution in [3.8, 4) is 17.3 Å². The molecule has 0 aromatic carbocycles. The number of rotatable bonds is 1. The van der Waals surface area contributed by atoms with E-state index in [1.165, 1.54) is 0 Å². The minimum Gasteiger partial charge on any atom is -0.240 e. The zero-order valence-corrected chi connectivity index (χ0v) is 9.96. The highest BCUT2D eigenvalue weighted by atomic mass is 35.5. The molecule has 0 aliphatic heterocycles. The van der Waals surface area contributed by atoms with Gasteiger partial charge in [0.1, 0.15) is 5.15 Å². The molecule has 0 radical (unpaired) electrons. The Bertz CT molecular complexity index is 770. The van der Waals surface area contributed by atoms with Gasteiger partial charge in [0.05, 0.1) is 29.0 Å². The summed E-state index contributed by atoms with van der Waals surface area (Å²) in [6.07, 6.45) is 3.47. The van der Waals surface area contributed by atoms with Crippen LogP contribution in [0.5, 0.6) is 0 Å². The van der Waals surface area contributed by atoms with Crippen LogP contribution in [-0.2, 0) is 0 Å². The molecule has 0 aliphatic carbocycles. The fourth-order valence-corrected chi connectivity index (χ4v) is 1.97. The Morgan fingerprint density at radius 1 is 1.28 bits per heavy atom. The fraction of sp³-hybridized carbons (Fsp3) is 0. The van der Waals surface area contributed by atoms with E-state index in [4.69, 9.17) is 16.9 Å². The second-order valence-corrected chi connectivity index (χ2v) is 4.15. The van der Waals surface area contributed by atoms with Crippen molar-refractivity contribution in [2.45, 2.75) is 0 Å². The molecule has 86 valence electrons. The third kappa shape index (κ3) is 1.71. The molecule has 0 atom stereocenters. The van der Waals surface area contributed by atoms with Gasteiger partial charge in [-0.15, -0.1) is 0 Å². The number of nitrogens with zero attached hydrogens (tertiary/aromatic N) is 4. The van der Waals surface area contributed by atoms with E-state index in [2.05, 4.69) is 16.2 Å². The number of hydrogen-bond acceptors (Lipinski definition) is 3. The highest BCUT2D eigenvalue weighted by Crippen LogP contribution is 2.24. The van der Waals surface area contributed by atoms with Gasteiger partial charge in [0.2, 0.25) is 0 Å². The second-order valence-electron chi connectivity index (χ2n) is 3.76. The summed E-state index contributed by atoms with van der Waals surface area (Å²) in [5, 5.41) is 13.6. The van der Waals surface area contributed by atoms with Gasteiger partial charge in [-0.3, -0.25) is 0 Å². The van der Waals surface area contributed by atoms with E-state index in [0.717, 1.165) is 16.8 Å². The standard InChI is InChI=1S/C13H7ClN4/c14-13-3-1-2-11(17-13)10-8-16-18-5-4-9(7-15)6-12(10)18/h1-6,8H. The molecule has 0 bridgehead atoms. The number of fused-ring (bicyclic) bond motifs is 1. The monoisotopic (exact) mass is 254 g/mol. The van der Waals surface area contributed by atoms with Gasteiger partial charge in [-0.2, -0.15) is 10.4 Å². The molecule has 0 saturated carbocycles. The molecule has 3 rings (SSSR count). The molecule has 0 amide bonds. The highest BCUT2D eigenvalue weighted by Gasteiger charge is 2.08. The molecule has 0 unspecified atom stereocenters. The third-order valence-electron chi connectivity index (χ3n) is 2.64. The van der Waals surface area contributed by atoms with Crippen molar-refractivity contribution in [3.05, 3.63) is 53.4 Å². The first-order valence-corrected chi connectivity index (χ1v) is 5.66. The Morgan fingerprint density at radius 3 is 2.94 bits per heavy atom. The van der Waals surface area contributed by atoms with Crippen molar-refractivity contribution < 1.29 is 0 Å². The Hall–Kier alpha value is -2.38. The van der Waals surface area contributed by atoms with Crippen molar-refractivity contribution in [1.82, 2.24) is 14.6 Å². The van der Waals surface area contributed by atoms with Gasteiger partial charge < -0.3 is 0 Å². The van der Waals surface area contributed by atoms with Crippen molar-refractivity contribution >= 4 is 17.1 Å². The first-order valence-electron chi connectivity index (χ1n) is 5.28. The molecule has 5 heteroatoms. The van der Waals surface area contributed by atoms with Crippen LogP contribution in [0.3, 0.4) is 0 Å². The summed E-state index contributed by atoms with van der Waals surface area (Å²) >= 11 is 5.88. The highest BCUT2D eigenvalue weighted by molar-refractivity contribution is 6.29. The third-order valence-corrected chi connectivity index (χ3v) is 2.85. The lowest BCUT2D eigenvalue weighted by molar-refractivity contribution is 0.960. The summed E-state index contributed by atoms with van der Waals surface area (Å²) in [6.45, 7) is 0. The van der Waals surface area contributed by atoms with Crippen LogP contribution >= 0.6 is 11.6 Å². The predicted octanol–water partition coefficient (Wildman–Crippen LogP) is 2.92. The average Bonchev–Trinajstić information content (AvgIpc) is 2.81. The number of aromatic nitrogens is 3. The number of halogens is 1. The van der Waals surface area contributed by atoms with Crippen molar-refractivity contribution in [2.75, 3.05) is 0 Å². The van der Waals surface area contributed by atoms with Gasteiger partial charge in [0.15, 0.2) is 0 Å². The minimum atomic E-state index is 0.434. The normalized spacial score (nSPS) is 10.4. The van der Waals surface area contributed by atoms with Crippen LogP contribution in [0.2, 0.25) is 5.15 Å². The molecular weight excluding hydrogens is 248 g/mol. The molecular formula is C13H7ClN4. The SMILES string of the molecule is N#Cc1ccn2ncc(-c3cccc(Cl)n3)c2c1. The van der Waals surface area contributed by atoms with Crippen LogP contribution in [0.1, 0.15) is 5.56 Å². The van der Waals surface area contributed by atoms with Gasteiger partial charge in [-0.25, -0.2) is 9.50 Å². The summed E-state index contributed by atoms with van der Waals surface area (Å²) in [7, 11) is 0. The van der Waals surface area contributed by atoms with Crippen molar-refractivity contribution in [1.29, 1.82) is 5.26 Å². The van der Waals surface area contributed by atoms with Crippen LogP contribution in [0.15, 0.2) is 42.7 Å². The van der Waals surface area contributed by atoms with E-state index in [9.17, 15) is 0 Å². The maximum Gasteiger partial charge on any atom is 0.129 e. The quantitative estimate of drug-likeness (QED) is 0.628. The topological polar surface area (TPSA) is 54.0 Å². The smallest absolute Gasteiger partial charge is 0.129 e. The van der Waals surface area contributed by atoms with Crippen molar-refractivity contribution in [2.24, 2.45) is 0 Å². The van der Waals surface area contributed by atoms with E-state index >= 15 is 0 Å². The Kier molecular flexibility index (Phi) is 2.47. The molecule has 0 fully saturated rings. The number of pyridine rings is 2. The number of hydrogen-bond donors (Lipinski definition) is 0. The maximum absolute atomic E-state index is 8.92. The minimum absolute atomic E-state index is 0.434. The molecule has 0 saturated heterocycles. The molecule has 3 aromatic heterocycles. The van der Waals surface area contributed by atoms with E-state index in [-0.39, 0.29) is 0 Å². The Balaban J connectivity index is 2.27. The lowest BCUT2D eigenvalue weighted by Gasteiger charge is -1.99. The lowest BCUT2D eigenvalue weighted by atomic mass is 10.1. The first kappa shape index (κ1) is 10.8. The largest absolute Gasteiger partial charge is 0.240 e. The van der Waals surface area contributed by atoms with E-state index in [1.54, 1.807) is 35.1 Å². The van der Waals surface area contributed by atoms with E-state index in [1.807, 2.05) is 12.1 Å². The average molecular weight is 255 g/mol. The number of nitriles is 1. The molecule has 3 aromatic rings. The van der Waals surface area contributed by atoms with Crippen LogP contribution in [-0.4, -0.2) is 14.6 Å². The van der Waals surface area contributed by atoms with Crippen LogP contribution in [0.4, 0.5) is 0 Å². The zero-order valence-electron chi connectivity index (χ0n) is 9.21. The fourth-order valence-electron chi connectivity index (χ4n) is 1.81. The predicted molar refractivity (Wildman–Crippen MR) is 68.1 cm³/mol. The van der Waals surface area contributed by atoms with Gasteiger partial charge in [-0.1, -0.05) is 17.7 Å². The van der Waals surface area contributed by atoms with E-state index < -0.39 is 0 Å². The molecule has 0 spiro atoms. The van der Waals surface area contributed by atoms with Crippen LogP contribution < -0.4 is 0 Å². The molecule has 0 N–H and O–H groups in total. The summed E-state index contributed by atoms with van der Waals surface area (Å²) in [6, 6.07) is 11.0. The molecule has 18 heavy (non-hydrogen) atoms.